The van der Waals surface area contributed by atoms with Crippen molar-refractivity contribution in [2.75, 3.05) is 6.54 Å². The van der Waals surface area contributed by atoms with Crippen molar-refractivity contribution in [3.63, 3.8) is 0 Å². The third kappa shape index (κ3) is 8.28. The van der Waals surface area contributed by atoms with Crippen molar-refractivity contribution in [3.05, 3.63) is 59.9 Å². The lowest BCUT2D eigenvalue weighted by Crippen LogP contribution is -2.47. The highest BCUT2D eigenvalue weighted by molar-refractivity contribution is 5.82. The van der Waals surface area contributed by atoms with Gasteiger partial charge in [0, 0.05) is 18.2 Å². The summed E-state index contributed by atoms with van der Waals surface area (Å²) >= 11 is 0. The van der Waals surface area contributed by atoms with E-state index in [1.807, 2.05) is 69.9 Å². The summed E-state index contributed by atoms with van der Waals surface area (Å²) in [5, 5.41) is 2.68. The minimum absolute atomic E-state index is 0.0443. The van der Waals surface area contributed by atoms with Crippen LogP contribution in [-0.4, -0.2) is 35.8 Å². The molecule has 3 rings (SSSR count). The second-order valence-electron chi connectivity index (χ2n) is 8.40. The molecule has 1 aliphatic heterocycles. The number of hydrogen-bond donors (Lipinski definition) is 2. The van der Waals surface area contributed by atoms with Crippen LogP contribution in [0.3, 0.4) is 0 Å². The summed E-state index contributed by atoms with van der Waals surface area (Å²) in [5.41, 5.74) is 8.21. The fraction of sp³-hybridized carbons (Fsp3) is 0.481. The van der Waals surface area contributed by atoms with E-state index in [1.54, 1.807) is 12.1 Å². The van der Waals surface area contributed by atoms with Crippen molar-refractivity contribution in [2.45, 2.75) is 72.5 Å². The number of benzene rings is 2. The molecule has 1 saturated heterocycles. The number of amides is 2. The molecular weight excluding hydrogens is 417 g/mol. The van der Waals surface area contributed by atoms with E-state index in [2.05, 4.69) is 12.2 Å². The molecule has 2 aromatic rings. The van der Waals surface area contributed by atoms with Crippen molar-refractivity contribution >= 4 is 12.3 Å². The summed E-state index contributed by atoms with van der Waals surface area (Å²) in [6, 6.07) is 14.2. The maximum absolute atomic E-state index is 13.6. The van der Waals surface area contributed by atoms with Crippen molar-refractivity contribution in [1.29, 1.82) is 0 Å². The molecule has 182 valence electrons. The number of nitrogens with zero attached hydrogens (tertiary/aromatic N) is 1. The van der Waals surface area contributed by atoms with Crippen LogP contribution in [0.25, 0.3) is 11.1 Å². The van der Waals surface area contributed by atoms with Crippen LogP contribution < -0.4 is 11.1 Å². The molecule has 0 saturated carbocycles. The van der Waals surface area contributed by atoms with Crippen LogP contribution in [0.15, 0.2) is 48.5 Å². The van der Waals surface area contributed by atoms with E-state index in [4.69, 9.17) is 5.73 Å². The van der Waals surface area contributed by atoms with E-state index in [1.165, 1.54) is 6.07 Å². The Labute approximate surface area is 198 Å². The van der Waals surface area contributed by atoms with Gasteiger partial charge in [0.1, 0.15) is 5.82 Å². The van der Waals surface area contributed by atoms with Crippen LogP contribution in [0.2, 0.25) is 0 Å². The Morgan fingerprint density at radius 3 is 2.21 bits per heavy atom. The van der Waals surface area contributed by atoms with Gasteiger partial charge in [-0.2, -0.15) is 0 Å². The molecule has 0 radical (unpaired) electrons. The lowest BCUT2D eigenvalue weighted by atomic mass is 10.0. The first-order chi connectivity index (χ1) is 15.8. The summed E-state index contributed by atoms with van der Waals surface area (Å²) in [6.07, 6.45) is 2.92. The average molecular weight is 458 g/mol. The molecule has 5 nitrogen and oxygen atoms in total. The molecule has 2 amide bonds. The van der Waals surface area contributed by atoms with Crippen LogP contribution in [0.5, 0.6) is 0 Å². The second kappa shape index (κ2) is 14.4. The van der Waals surface area contributed by atoms with Gasteiger partial charge in [0.2, 0.25) is 12.3 Å². The SMILES string of the molecule is CC.CC(C)C(N)C(=O)N1CCCC1C.CC(NC=O)c1ccc(-c2ccccc2F)cc1. The Morgan fingerprint density at radius 2 is 1.73 bits per heavy atom. The van der Waals surface area contributed by atoms with Crippen LogP contribution in [-0.2, 0) is 9.59 Å². The number of hydrogen-bond acceptors (Lipinski definition) is 3. The molecule has 33 heavy (non-hydrogen) atoms. The van der Waals surface area contributed by atoms with Gasteiger partial charge in [-0.15, -0.1) is 0 Å². The van der Waals surface area contributed by atoms with Gasteiger partial charge in [0.15, 0.2) is 0 Å². The fourth-order valence-electron chi connectivity index (χ4n) is 3.58. The number of carbonyl (C=O) groups excluding carboxylic acids is 2. The normalized spacial score (nSPS) is 16.6. The summed E-state index contributed by atoms with van der Waals surface area (Å²) in [6.45, 7) is 12.9. The van der Waals surface area contributed by atoms with Gasteiger partial charge in [0.05, 0.1) is 12.1 Å². The maximum Gasteiger partial charge on any atom is 0.239 e. The van der Waals surface area contributed by atoms with Gasteiger partial charge >= 0.3 is 0 Å². The molecule has 3 unspecified atom stereocenters. The number of rotatable bonds is 6. The minimum Gasteiger partial charge on any atom is -0.352 e. The van der Waals surface area contributed by atoms with Crippen LogP contribution in [0, 0.1) is 11.7 Å². The second-order valence-corrected chi connectivity index (χ2v) is 8.40. The van der Waals surface area contributed by atoms with Crippen molar-refractivity contribution < 1.29 is 14.0 Å². The quantitative estimate of drug-likeness (QED) is 0.578. The summed E-state index contributed by atoms with van der Waals surface area (Å²) in [4.78, 5) is 24.1. The molecule has 1 aliphatic rings. The number of halogens is 1. The lowest BCUT2D eigenvalue weighted by molar-refractivity contribution is -0.134. The molecule has 3 atom stereocenters. The van der Waals surface area contributed by atoms with E-state index in [-0.39, 0.29) is 29.7 Å². The number of likely N-dealkylation sites (tertiary alicyclic amines) is 1. The maximum atomic E-state index is 13.6. The van der Waals surface area contributed by atoms with Crippen molar-refractivity contribution in [1.82, 2.24) is 10.2 Å². The van der Waals surface area contributed by atoms with Crippen molar-refractivity contribution in [2.24, 2.45) is 11.7 Å². The predicted molar refractivity (Wildman–Crippen MR) is 134 cm³/mol. The zero-order valence-corrected chi connectivity index (χ0v) is 20.8. The van der Waals surface area contributed by atoms with Crippen LogP contribution >= 0.6 is 0 Å². The molecule has 3 N–H and O–H groups in total. The van der Waals surface area contributed by atoms with Crippen LogP contribution in [0.4, 0.5) is 4.39 Å². The lowest BCUT2D eigenvalue weighted by Gasteiger charge is -2.26. The van der Waals surface area contributed by atoms with E-state index in [0.29, 0.717) is 18.0 Å². The summed E-state index contributed by atoms with van der Waals surface area (Å²) in [7, 11) is 0. The number of nitrogens with one attached hydrogen (secondary N) is 1. The smallest absolute Gasteiger partial charge is 0.239 e. The van der Waals surface area contributed by atoms with Gasteiger partial charge in [-0.1, -0.05) is 70.2 Å². The third-order valence-corrected chi connectivity index (χ3v) is 5.75. The van der Waals surface area contributed by atoms with E-state index in [9.17, 15) is 14.0 Å². The molecule has 1 heterocycles. The zero-order chi connectivity index (χ0) is 25.0. The highest BCUT2D eigenvalue weighted by Gasteiger charge is 2.29. The highest BCUT2D eigenvalue weighted by Crippen LogP contribution is 2.24. The van der Waals surface area contributed by atoms with Gasteiger partial charge in [-0.25, -0.2) is 4.39 Å². The van der Waals surface area contributed by atoms with Gasteiger partial charge in [0.25, 0.3) is 0 Å². The third-order valence-electron chi connectivity index (χ3n) is 5.75. The van der Waals surface area contributed by atoms with E-state index in [0.717, 1.165) is 30.5 Å². The van der Waals surface area contributed by atoms with Crippen LogP contribution in [0.1, 0.15) is 66.0 Å². The minimum atomic E-state index is -0.319. The van der Waals surface area contributed by atoms with Gasteiger partial charge in [-0.05, 0) is 49.8 Å². The Bertz CT molecular complexity index is 855. The average Bonchev–Trinajstić information content (AvgIpc) is 3.26. The monoisotopic (exact) mass is 457 g/mol. The van der Waals surface area contributed by atoms with Gasteiger partial charge in [-0.3, -0.25) is 9.59 Å². The molecule has 6 heteroatoms. The summed E-state index contributed by atoms with van der Waals surface area (Å²) < 4.78 is 13.6. The Balaban J connectivity index is 0.000000322. The molecule has 0 aromatic heterocycles. The summed E-state index contributed by atoms with van der Waals surface area (Å²) in [5.74, 6) is 0.129. The predicted octanol–water partition coefficient (Wildman–Crippen LogP) is 5.31. The molecule has 0 bridgehead atoms. The zero-order valence-electron chi connectivity index (χ0n) is 20.8. The van der Waals surface area contributed by atoms with E-state index < -0.39 is 0 Å². The standard InChI is InChI=1S/C15H14FNO.C10H20N2O.C2H6/c1-11(17-10-18)12-6-8-13(9-7-12)14-4-2-3-5-15(14)16;1-7(2)9(11)10(13)12-6-4-5-8(12)3;1-2/h2-11H,1H3,(H,17,18);7-9H,4-6,11H2,1-3H3;1-2H3. The first kappa shape index (κ1) is 28.3. The first-order valence-corrected chi connectivity index (χ1v) is 11.9. The Morgan fingerprint density at radius 1 is 1.12 bits per heavy atom. The molecule has 0 spiro atoms. The number of carbonyl (C=O) groups is 2. The molecule has 2 aromatic carbocycles. The number of nitrogens with two attached hydrogens (primary N) is 1. The largest absolute Gasteiger partial charge is 0.352 e. The van der Waals surface area contributed by atoms with Gasteiger partial charge < -0.3 is 16.0 Å². The molecule has 1 fully saturated rings. The Hall–Kier alpha value is -2.73. The Kier molecular flexibility index (Phi) is 12.4. The molecular formula is C27H40FN3O2. The topological polar surface area (TPSA) is 75.4 Å². The first-order valence-electron chi connectivity index (χ1n) is 11.9. The van der Waals surface area contributed by atoms with E-state index >= 15 is 0 Å². The van der Waals surface area contributed by atoms with Crippen molar-refractivity contribution in [3.8, 4) is 11.1 Å². The molecule has 0 aliphatic carbocycles. The fourth-order valence-corrected chi connectivity index (χ4v) is 3.58. The highest BCUT2D eigenvalue weighted by atomic mass is 19.1.